The Balaban J connectivity index is 2.25. The highest BCUT2D eigenvalue weighted by Crippen LogP contribution is 2.19. The van der Waals surface area contributed by atoms with Gasteiger partial charge in [-0.15, -0.1) is 0 Å². The van der Waals surface area contributed by atoms with Crippen molar-refractivity contribution in [2.45, 2.75) is 0 Å². The third-order valence-corrected chi connectivity index (χ3v) is 3.30. The van der Waals surface area contributed by atoms with Crippen molar-refractivity contribution < 1.29 is 0 Å². The van der Waals surface area contributed by atoms with Gasteiger partial charge in [0.2, 0.25) is 0 Å². The Hall–Kier alpha value is -1.41. The van der Waals surface area contributed by atoms with Crippen LogP contribution in [0.5, 0.6) is 0 Å². The predicted octanol–water partition coefficient (Wildman–Crippen LogP) is 1.09. The molecule has 0 atom stereocenters. The summed E-state index contributed by atoms with van der Waals surface area (Å²) in [7, 11) is 0. The van der Waals surface area contributed by atoms with Crippen LogP contribution in [0, 0.1) is 11.3 Å². The van der Waals surface area contributed by atoms with Gasteiger partial charge in [0, 0.05) is 24.6 Å². The van der Waals surface area contributed by atoms with E-state index in [-0.39, 0.29) is 0 Å². The standard InChI is InChI=1S/C10H12N4S/c11-7-9-8(12)1-2-10(13-9)14-3-5-15-6-4-14/h1-2H,3-6,12H2. The number of nitrogens with zero attached hydrogens (tertiary/aromatic N) is 3. The van der Waals surface area contributed by atoms with E-state index in [1.807, 2.05) is 23.9 Å². The molecule has 4 nitrogen and oxygen atoms in total. The number of nitrogens with two attached hydrogens (primary N) is 1. The third kappa shape index (κ3) is 2.16. The summed E-state index contributed by atoms with van der Waals surface area (Å²) in [6.07, 6.45) is 0. The molecule has 0 spiro atoms. The quantitative estimate of drug-likeness (QED) is 0.767. The fraction of sp³-hybridized carbons (Fsp3) is 0.400. The number of pyridine rings is 1. The molecule has 5 heteroatoms. The highest BCUT2D eigenvalue weighted by molar-refractivity contribution is 7.99. The monoisotopic (exact) mass is 220 g/mol. The van der Waals surface area contributed by atoms with Gasteiger partial charge in [-0.2, -0.15) is 17.0 Å². The summed E-state index contributed by atoms with van der Waals surface area (Å²) in [4.78, 5) is 6.44. The van der Waals surface area contributed by atoms with Crippen LogP contribution in [-0.2, 0) is 0 Å². The highest BCUT2D eigenvalue weighted by atomic mass is 32.2. The molecule has 2 rings (SSSR count). The molecule has 15 heavy (non-hydrogen) atoms. The molecule has 78 valence electrons. The number of anilines is 2. The van der Waals surface area contributed by atoms with E-state index in [2.05, 4.69) is 9.88 Å². The zero-order valence-electron chi connectivity index (χ0n) is 8.31. The number of hydrogen-bond acceptors (Lipinski definition) is 5. The highest BCUT2D eigenvalue weighted by Gasteiger charge is 2.13. The summed E-state index contributed by atoms with van der Waals surface area (Å²) in [6, 6.07) is 5.64. The van der Waals surface area contributed by atoms with Crippen LogP contribution in [0.1, 0.15) is 5.69 Å². The molecule has 2 N–H and O–H groups in total. The lowest BCUT2D eigenvalue weighted by Crippen LogP contribution is -2.33. The van der Waals surface area contributed by atoms with E-state index in [1.54, 1.807) is 6.07 Å². The topological polar surface area (TPSA) is 65.9 Å². The largest absolute Gasteiger partial charge is 0.396 e. The van der Waals surface area contributed by atoms with E-state index in [4.69, 9.17) is 11.0 Å². The molecule has 0 aliphatic carbocycles. The van der Waals surface area contributed by atoms with Crippen LogP contribution in [0.3, 0.4) is 0 Å². The van der Waals surface area contributed by atoms with Gasteiger partial charge in [0.05, 0.1) is 5.69 Å². The average Bonchev–Trinajstić information content (AvgIpc) is 2.31. The number of nitriles is 1. The van der Waals surface area contributed by atoms with Crippen LogP contribution in [0.4, 0.5) is 11.5 Å². The van der Waals surface area contributed by atoms with Crippen LogP contribution in [0.15, 0.2) is 12.1 Å². The van der Waals surface area contributed by atoms with Gasteiger partial charge in [-0.1, -0.05) is 0 Å². The molecule has 1 saturated heterocycles. The number of thioether (sulfide) groups is 1. The van der Waals surface area contributed by atoms with Crippen LogP contribution < -0.4 is 10.6 Å². The van der Waals surface area contributed by atoms with Crippen LogP contribution >= 0.6 is 11.8 Å². The molecule has 1 aliphatic heterocycles. The number of rotatable bonds is 1. The van der Waals surface area contributed by atoms with Gasteiger partial charge in [0.15, 0.2) is 5.69 Å². The minimum atomic E-state index is 0.325. The lowest BCUT2D eigenvalue weighted by Gasteiger charge is -2.27. The van der Waals surface area contributed by atoms with E-state index >= 15 is 0 Å². The molecule has 1 fully saturated rings. The van der Waals surface area contributed by atoms with Crippen molar-refractivity contribution in [2.24, 2.45) is 0 Å². The summed E-state index contributed by atoms with van der Waals surface area (Å²) >= 11 is 1.95. The smallest absolute Gasteiger partial charge is 0.165 e. The first-order valence-corrected chi connectivity index (χ1v) is 5.96. The molecule has 1 aliphatic rings. The molecule has 0 amide bonds. The van der Waals surface area contributed by atoms with Gasteiger partial charge >= 0.3 is 0 Å². The van der Waals surface area contributed by atoms with Crippen LogP contribution in [0.25, 0.3) is 0 Å². The number of aromatic nitrogens is 1. The molecule has 0 aromatic carbocycles. The lowest BCUT2D eigenvalue weighted by molar-refractivity contribution is 0.838. The van der Waals surface area contributed by atoms with Gasteiger partial charge in [-0.25, -0.2) is 4.98 Å². The molecule has 0 saturated carbocycles. The summed E-state index contributed by atoms with van der Waals surface area (Å²) < 4.78 is 0. The van der Waals surface area contributed by atoms with E-state index in [1.165, 1.54) is 0 Å². The Kier molecular flexibility index (Phi) is 2.97. The second-order valence-electron chi connectivity index (χ2n) is 3.32. The van der Waals surface area contributed by atoms with Gasteiger partial charge in [0.1, 0.15) is 11.9 Å². The van der Waals surface area contributed by atoms with Crippen molar-refractivity contribution >= 4 is 23.3 Å². The second-order valence-corrected chi connectivity index (χ2v) is 4.54. The summed E-state index contributed by atoms with van der Waals surface area (Å²) in [5.41, 5.74) is 6.40. The van der Waals surface area contributed by atoms with Crippen molar-refractivity contribution in [2.75, 3.05) is 35.2 Å². The minimum Gasteiger partial charge on any atom is -0.396 e. The Morgan fingerprint density at radius 1 is 1.40 bits per heavy atom. The molecule has 0 bridgehead atoms. The predicted molar refractivity (Wildman–Crippen MR) is 62.9 cm³/mol. The Morgan fingerprint density at radius 2 is 2.13 bits per heavy atom. The summed E-state index contributed by atoms with van der Waals surface area (Å²) in [5, 5.41) is 8.83. The van der Waals surface area contributed by atoms with Crippen molar-refractivity contribution in [1.29, 1.82) is 5.26 Å². The Morgan fingerprint density at radius 3 is 2.80 bits per heavy atom. The SMILES string of the molecule is N#Cc1nc(N2CCSCC2)ccc1N. The fourth-order valence-corrected chi connectivity index (χ4v) is 2.42. The normalized spacial score (nSPS) is 16.1. The first kappa shape index (κ1) is 10.1. The maximum Gasteiger partial charge on any atom is 0.165 e. The molecule has 0 unspecified atom stereocenters. The van der Waals surface area contributed by atoms with Crippen molar-refractivity contribution in [3.63, 3.8) is 0 Å². The minimum absolute atomic E-state index is 0.325. The Labute approximate surface area is 93.1 Å². The maximum atomic E-state index is 8.83. The van der Waals surface area contributed by atoms with Crippen molar-refractivity contribution in [3.8, 4) is 6.07 Å². The number of hydrogen-bond donors (Lipinski definition) is 1. The first-order valence-electron chi connectivity index (χ1n) is 4.80. The van der Waals surface area contributed by atoms with Crippen molar-refractivity contribution in [1.82, 2.24) is 4.98 Å². The molecule has 2 heterocycles. The molecule has 1 aromatic rings. The van der Waals surface area contributed by atoms with Crippen molar-refractivity contribution in [3.05, 3.63) is 17.8 Å². The lowest BCUT2D eigenvalue weighted by atomic mass is 10.3. The second kappa shape index (κ2) is 4.41. The fourth-order valence-electron chi connectivity index (χ4n) is 1.52. The molecule has 0 radical (unpaired) electrons. The molecule has 1 aromatic heterocycles. The zero-order chi connectivity index (χ0) is 10.7. The van der Waals surface area contributed by atoms with Gasteiger partial charge in [0.25, 0.3) is 0 Å². The van der Waals surface area contributed by atoms with Crippen LogP contribution in [0.2, 0.25) is 0 Å². The third-order valence-electron chi connectivity index (χ3n) is 2.35. The van der Waals surface area contributed by atoms with E-state index in [9.17, 15) is 0 Å². The Bertz CT molecular complexity index is 393. The van der Waals surface area contributed by atoms with Gasteiger partial charge in [-0.3, -0.25) is 0 Å². The average molecular weight is 220 g/mol. The summed E-state index contributed by atoms with van der Waals surface area (Å²) in [6.45, 7) is 1.99. The van der Waals surface area contributed by atoms with Gasteiger partial charge < -0.3 is 10.6 Å². The van der Waals surface area contributed by atoms with E-state index in [0.717, 1.165) is 30.4 Å². The van der Waals surface area contributed by atoms with Crippen LogP contribution in [-0.4, -0.2) is 29.6 Å². The van der Waals surface area contributed by atoms with Gasteiger partial charge in [-0.05, 0) is 12.1 Å². The van der Waals surface area contributed by atoms with E-state index < -0.39 is 0 Å². The summed E-state index contributed by atoms with van der Waals surface area (Å²) in [5.74, 6) is 3.10. The molecular formula is C10H12N4S. The zero-order valence-corrected chi connectivity index (χ0v) is 9.13. The molecular weight excluding hydrogens is 208 g/mol. The number of nitrogen functional groups attached to an aromatic ring is 1. The maximum absolute atomic E-state index is 8.83. The van der Waals surface area contributed by atoms with E-state index in [0.29, 0.717) is 11.4 Å². The first-order chi connectivity index (χ1) is 7.31.